The summed E-state index contributed by atoms with van der Waals surface area (Å²) in [5, 5.41) is 5.54. The Morgan fingerprint density at radius 2 is 1.04 bits per heavy atom. The highest BCUT2D eigenvalue weighted by molar-refractivity contribution is 7.25. The number of rotatable bonds is 6. The molecule has 0 spiro atoms. The highest BCUT2D eigenvalue weighted by atomic mass is 32.1. The number of allylic oxidation sites excluding steroid dienone is 1. The van der Waals surface area contributed by atoms with Gasteiger partial charge in [-0.05, 0) is 60.5 Å². The van der Waals surface area contributed by atoms with Crippen LogP contribution in [0.2, 0.25) is 0 Å². The lowest BCUT2D eigenvalue weighted by Crippen LogP contribution is -1.99. The van der Waals surface area contributed by atoms with Crippen molar-refractivity contribution in [1.29, 1.82) is 0 Å². The molecule has 0 atom stereocenters. The van der Waals surface area contributed by atoms with Gasteiger partial charge in [0, 0.05) is 58.6 Å². The maximum absolute atomic E-state index is 6.35. The van der Waals surface area contributed by atoms with Crippen LogP contribution in [0.1, 0.15) is 18.2 Å². The molecule has 0 unspecified atom stereocenters. The molecular formula is C46H29N3O2S. The third kappa shape index (κ3) is 4.95. The second-order valence-corrected chi connectivity index (χ2v) is 13.9. The Balaban J connectivity index is 1.05. The maximum Gasteiger partial charge on any atom is 0.164 e. The fourth-order valence-electron chi connectivity index (χ4n) is 7.11. The molecule has 10 aromatic rings. The molecule has 0 N–H and O–H groups in total. The fourth-order valence-corrected chi connectivity index (χ4v) is 8.29. The number of nitrogens with zero attached hydrogens (tertiary/aromatic N) is 3. The lowest BCUT2D eigenvalue weighted by Gasteiger charge is -2.08. The van der Waals surface area contributed by atoms with Gasteiger partial charge in [-0.2, -0.15) is 0 Å². The zero-order chi connectivity index (χ0) is 34.8. The van der Waals surface area contributed by atoms with Gasteiger partial charge in [-0.15, -0.1) is 11.3 Å². The van der Waals surface area contributed by atoms with Crippen molar-refractivity contribution in [3.8, 4) is 45.3 Å². The minimum absolute atomic E-state index is 0.652. The molecule has 6 heteroatoms. The van der Waals surface area contributed by atoms with Crippen molar-refractivity contribution in [1.82, 2.24) is 15.0 Å². The maximum atomic E-state index is 6.35. The summed E-state index contributed by atoms with van der Waals surface area (Å²) in [7, 11) is 0. The highest BCUT2D eigenvalue weighted by Crippen LogP contribution is 2.41. The zero-order valence-corrected chi connectivity index (χ0v) is 28.9. The first-order valence-electron chi connectivity index (χ1n) is 17.2. The van der Waals surface area contributed by atoms with Gasteiger partial charge in [0.05, 0.1) is 0 Å². The van der Waals surface area contributed by atoms with Gasteiger partial charge < -0.3 is 8.83 Å². The molecule has 0 fully saturated rings. The molecule has 6 aromatic carbocycles. The number of hydrogen-bond donors (Lipinski definition) is 0. The van der Waals surface area contributed by atoms with Crippen molar-refractivity contribution in [2.24, 2.45) is 0 Å². The first kappa shape index (κ1) is 30.2. The van der Waals surface area contributed by atoms with Crippen LogP contribution in [0.25, 0.3) is 111 Å². The predicted molar refractivity (Wildman–Crippen MR) is 216 cm³/mol. The van der Waals surface area contributed by atoms with E-state index in [0.29, 0.717) is 17.5 Å². The summed E-state index contributed by atoms with van der Waals surface area (Å²) >= 11 is 1.78. The van der Waals surface area contributed by atoms with Crippen LogP contribution in [-0.2, 0) is 0 Å². The Labute approximate surface area is 302 Å². The summed E-state index contributed by atoms with van der Waals surface area (Å²) in [6, 6.07) is 44.0. The van der Waals surface area contributed by atoms with E-state index in [1.165, 1.54) is 20.2 Å². The molecule has 0 aliphatic heterocycles. The monoisotopic (exact) mass is 687 g/mol. The molecule has 5 nitrogen and oxygen atoms in total. The first-order chi connectivity index (χ1) is 25.6. The normalized spacial score (nSPS) is 11.9. The van der Waals surface area contributed by atoms with Gasteiger partial charge in [0.2, 0.25) is 0 Å². The molecule has 10 rings (SSSR count). The Kier molecular flexibility index (Phi) is 6.98. The summed E-state index contributed by atoms with van der Waals surface area (Å²) in [5.41, 5.74) is 8.66. The Morgan fingerprint density at radius 3 is 1.69 bits per heavy atom. The number of furan rings is 2. The third-order valence-electron chi connectivity index (χ3n) is 9.63. The van der Waals surface area contributed by atoms with Crippen molar-refractivity contribution in [3.63, 3.8) is 0 Å². The quantitative estimate of drug-likeness (QED) is 0.174. The van der Waals surface area contributed by atoms with Gasteiger partial charge in [0.15, 0.2) is 17.5 Å². The summed E-state index contributed by atoms with van der Waals surface area (Å²) < 4.78 is 14.9. The van der Waals surface area contributed by atoms with Crippen LogP contribution in [0, 0.1) is 0 Å². The summed E-state index contributed by atoms with van der Waals surface area (Å²) in [6.07, 6.45) is 5.82. The Bertz CT molecular complexity index is 2980. The van der Waals surface area contributed by atoms with Crippen LogP contribution in [0.15, 0.2) is 149 Å². The van der Waals surface area contributed by atoms with E-state index in [2.05, 4.69) is 79.4 Å². The fraction of sp³-hybridized carbons (Fsp3) is 0.0217. The van der Waals surface area contributed by atoms with E-state index in [0.717, 1.165) is 72.0 Å². The van der Waals surface area contributed by atoms with E-state index in [4.69, 9.17) is 23.8 Å². The van der Waals surface area contributed by atoms with E-state index in [9.17, 15) is 0 Å². The second-order valence-electron chi connectivity index (χ2n) is 12.8. The summed E-state index contributed by atoms with van der Waals surface area (Å²) in [6.45, 7) is 5.94. The van der Waals surface area contributed by atoms with Crippen LogP contribution in [0.4, 0.5) is 0 Å². The average Bonchev–Trinajstić information content (AvgIpc) is 3.87. The topological polar surface area (TPSA) is 65.0 Å². The van der Waals surface area contributed by atoms with Crippen LogP contribution in [0.5, 0.6) is 0 Å². The first-order valence-corrected chi connectivity index (χ1v) is 18.0. The number of aromatic nitrogens is 3. The minimum Gasteiger partial charge on any atom is -0.456 e. The molecule has 0 aliphatic carbocycles. The lowest BCUT2D eigenvalue weighted by atomic mass is 10.0. The van der Waals surface area contributed by atoms with Crippen LogP contribution < -0.4 is 0 Å². The minimum atomic E-state index is 0.652. The molecule has 52 heavy (non-hydrogen) atoms. The molecule has 4 aromatic heterocycles. The van der Waals surface area contributed by atoms with Gasteiger partial charge in [-0.3, -0.25) is 0 Å². The molecule has 0 aliphatic rings. The number of hydrogen-bond acceptors (Lipinski definition) is 6. The van der Waals surface area contributed by atoms with Gasteiger partial charge in [-0.1, -0.05) is 110 Å². The SMILES string of the molecule is C=Cc1oc2cc3c(cc2c1/C=C\C)oc1ccc(-c2ccc4c(c2)sc2cc(-c5nc(-c6ccccc6)nc(-c6ccccc6)n5)ccc24)cc13. The van der Waals surface area contributed by atoms with E-state index in [1.807, 2.05) is 73.7 Å². The largest absolute Gasteiger partial charge is 0.456 e. The standard InChI is InChI=1S/C46H29N3O2S/c1-3-11-32-36-25-41-37(26-40(36)50-38(32)4-2)35-22-29(18-21-39(35)51-41)30-16-19-33-34-20-17-31(24-43(34)52-42(33)23-30)46-48-44(27-12-7-5-8-13-27)47-45(49-46)28-14-9-6-10-15-28/h3-26H,2H2,1H3/b11-3-. The average molecular weight is 688 g/mol. The van der Waals surface area contributed by atoms with Crippen molar-refractivity contribution in [2.75, 3.05) is 0 Å². The highest BCUT2D eigenvalue weighted by Gasteiger charge is 2.17. The van der Waals surface area contributed by atoms with E-state index in [1.54, 1.807) is 17.4 Å². The lowest BCUT2D eigenvalue weighted by molar-refractivity contribution is 0.603. The summed E-state index contributed by atoms with van der Waals surface area (Å²) in [5.74, 6) is 2.72. The number of fused-ring (bicyclic) bond motifs is 7. The molecule has 4 heterocycles. The van der Waals surface area contributed by atoms with Gasteiger partial charge in [0.25, 0.3) is 0 Å². The zero-order valence-electron chi connectivity index (χ0n) is 28.1. The van der Waals surface area contributed by atoms with Crippen molar-refractivity contribution < 1.29 is 8.83 Å². The smallest absolute Gasteiger partial charge is 0.164 e. The molecule has 246 valence electrons. The van der Waals surface area contributed by atoms with Crippen molar-refractivity contribution in [3.05, 3.63) is 151 Å². The Morgan fingerprint density at radius 1 is 0.500 bits per heavy atom. The molecular weight excluding hydrogens is 659 g/mol. The van der Waals surface area contributed by atoms with Crippen molar-refractivity contribution >= 4 is 76.6 Å². The number of thiophene rings is 1. The molecule has 0 saturated carbocycles. The number of benzene rings is 6. The van der Waals surface area contributed by atoms with Crippen LogP contribution in [-0.4, -0.2) is 15.0 Å². The predicted octanol–water partition coefficient (Wildman–Crippen LogP) is 13.2. The van der Waals surface area contributed by atoms with E-state index < -0.39 is 0 Å². The Hall–Kier alpha value is -6.63. The van der Waals surface area contributed by atoms with Gasteiger partial charge in [-0.25, -0.2) is 15.0 Å². The third-order valence-corrected chi connectivity index (χ3v) is 10.7. The van der Waals surface area contributed by atoms with Gasteiger partial charge >= 0.3 is 0 Å². The van der Waals surface area contributed by atoms with Crippen molar-refractivity contribution in [2.45, 2.75) is 6.92 Å². The van der Waals surface area contributed by atoms with E-state index in [-0.39, 0.29) is 0 Å². The van der Waals surface area contributed by atoms with Crippen LogP contribution >= 0.6 is 11.3 Å². The summed E-state index contributed by atoms with van der Waals surface area (Å²) in [4.78, 5) is 14.8. The van der Waals surface area contributed by atoms with Crippen LogP contribution in [0.3, 0.4) is 0 Å². The molecule has 0 amide bonds. The van der Waals surface area contributed by atoms with Gasteiger partial charge in [0.1, 0.15) is 22.5 Å². The molecule has 0 saturated heterocycles. The molecule has 0 radical (unpaired) electrons. The second kappa shape index (κ2) is 12.0. The van der Waals surface area contributed by atoms with E-state index >= 15 is 0 Å². The molecule has 0 bridgehead atoms.